The average molecular weight is 268 g/mol. The van der Waals surface area contributed by atoms with Gasteiger partial charge in [0.25, 0.3) is 0 Å². The van der Waals surface area contributed by atoms with Crippen LogP contribution in [0.25, 0.3) is 0 Å². The van der Waals surface area contributed by atoms with Crippen LogP contribution in [0, 0.1) is 0 Å². The standard InChI is InChI=1S/C14H22ClN3/c1-14(2,3)13-16-11(15)10-12(17-13)18-8-6-4-5-7-9-18/h10H,4-9H2,1-3H3. The molecule has 2 heterocycles. The van der Waals surface area contributed by atoms with Crippen LogP contribution in [0.5, 0.6) is 0 Å². The lowest BCUT2D eigenvalue weighted by Gasteiger charge is -2.24. The molecule has 2 rings (SSSR count). The molecule has 0 aromatic carbocycles. The summed E-state index contributed by atoms with van der Waals surface area (Å²) in [6, 6.07) is 1.89. The van der Waals surface area contributed by atoms with Crippen LogP contribution in [0.3, 0.4) is 0 Å². The molecule has 0 spiro atoms. The zero-order valence-corrected chi connectivity index (χ0v) is 12.3. The quantitative estimate of drug-likeness (QED) is 0.725. The van der Waals surface area contributed by atoms with Crippen molar-refractivity contribution in [2.24, 2.45) is 0 Å². The smallest absolute Gasteiger partial charge is 0.137 e. The van der Waals surface area contributed by atoms with Crippen molar-refractivity contribution in [3.8, 4) is 0 Å². The van der Waals surface area contributed by atoms with Gasteiger partial charge in [-0.2, -0.15) is 0 Å². The Hall–Kier alpha value is -0.830. The zero-order chi connectivity index (χ0) is 13.2. The molecule has 0 atom stereocenters. The van der Waals surface area contributed by atoms with Gasteiger partial charge in [-0.25, -0.2) is 9.97 Å². The summed E-state index contributed by atoms with van der Waals surface area (Å²) in [6.45, 7) is 8.51. The van der Waals surface area contributed by atoms with E-state index in [4.69, 9.17) is 16.6 Å². The van der Waals surface area contributed by atoms with E-state index in [1.54, 1.807) is 0 Å². The molecule has 0 unspecified atom stereocenters. The molecule has 1 saturated heterocycles. The van der Waals surface area contributed by atoms with Crippen molar-refractivity contribution in [3.63, 3.8) is 0 Å². The van der Waals surface area contributed by atoms with E-state index < -0.39 is 0 Å². The third kappa shape index (κ3) is 3.35. The highest BCUT2D eigenvalue weighted by Gasteiger charge is 2.20. The molecule has 1 aromatic heterocycles. The Morgan fingerprint density at radius 2 is 1.67 bits per heavy atom. The second-order valence-corrected chi connectivity index (χ2v) is 6.41. The normalized spacial score (nSPS) is 17.7. The summed E-state index contributed by atoms with van der Waals surface area (Å²) >= 11 is 6.14. The van der Waals surface area contributed by atoms with Gasteiger partial charge in [0.1, 0.15) is 16.8 Å². The van der Waals surface area contributed by atoms with Crippen molar-refractivity contribution in [1.29, 1.82) is 0 Å². The largest absolute Gasteiger partial charge is 0.356 e. The fraction of sp³-hybridized carbons (Fsp3) is 0.714. The Balaban J connectivity index is 2.29. The number of halogens is 1. The monoisotopic (exact) mass is 267 g/mol. The highest BCUT2D eigenvalue weighted by molar-refractivity contribution is 6.29. The molecule has 0 amide bonds. The summed E-state index contributed by atoms with van der Waals surface area (Å²) in [5.74, 6) is 1.82. The molecule has 3 nitrogen and oxygen atoms in total. The highest BCUT2D eigenvalue weighted by atomic mass is 35.5. The van der Waals surface area contributed by atoms with Crippen LogP contribution in [0.1, 0.15) is 52.3 Å². The van der Waals surface area contributed by atoms with Crippen molar-refractivity contribution < 1.29 is 0 Å². The summed E-state index contributed by atoms with van der Waals surface area (Å²) in [5, 5.41) is 0.550. The van der Waals surface area contributed by atoms with E-state index in [1.807, 2.05) is 6.07 Å². The van der Waals surface area contributed by atoms with Crippen LogP contribution < -0.4 is 4.90 Å². The van der Waals surface area contributed by atoms with Crippen LogP contribution >= 0.6 is 11.6 Å². The van der Waals surface area contributed by atoms with E-state index in [-0.39, 0.29) is 5.41 Å². The molecule has 0 radical (unpaired) electrons. The Labute approximate surface area is 115 Å². The molecular formula is C14H22ClN3. The number of nitrogens with zero attached hydrogens (tertiary/aromatic N) is 3. The molecule has 0 N–H and O–H groups in total. The molecule has 100 valence electrons. The summed E-state index contributed by atoms with van der Waals surface area (Å²) < 4.78 is 0. The first-order valence-corrected chi connectivity index (χ1v) is 7.14. The van der Waals surface area contributed by atoms with Crippen molar-refractivity contribution in [2.45, 2.75) is 51.9 Å². The minimum Gasteiger partial charge on any atom is -0.356 e. The number of hydrogen-bond donors (Lipinski definition) is 0. The van der Waals surface area contributed by atoms with Gasteiger partial charge in [-0.05, 0) is 12.8 Å². The summed E-state index contributed by atoms with van der Waals surface area (Å²) in [7, 11) is 0. The predicted molar refractivity (Wildman–Crippen MR) is 76.4 cm³/mol. The molecule has 1 aliphatic heterocycles. The van der Waals surface area contributed by atoms with Gasteiger partial charge in [-0.3, -0.25) is 0 Å². The maximum absolute atomic E-state index is 6.14. The minimum atomic E-state index is -0.0640. The van der Waals surface area contributed by atoms with E-state index in [9.17, 15) is 0 Å². The first-order valence-electron chi connectivity index (χ1n) is 6.77. The van der Waals surface area contributed by atoms with Gasteiger partial charge >= 0.3 is 0 Å². The maximum atomic E-state index is 6.14. The second-order valence-electron chi connectivity index (χ2n) is 6.02. The van der Waals surface area contributed by atoms with Gasteiger partial charge in [0.2, 0.25) is 0 Å². The average Bonchev–Trinajstić information content (AvgIpc) is 2.55. The Bertz CT molecular complexity index is 404. The Morgan fingerprint density at radius 3 is 2.22 bits per heavy atom. The van der Waals surface area contributed by atoms with Gasteiger partial charge in [0.15, 0.2) is 0 Å². The molecule has 18 heavy (non-hydrogen) atoms. The fourth-order valence-corrected chi connectivity index (χ4v) is 2.38. The molecule has 0 bridgehead atoms. The first kappa shape index (κ1) is 13.6. The van der Waals surface area contributed by atoms with Gasteiger partial charge in [-0.1, -0.05) is 45.2 Å². The molecule has 0 aliphatic carbocycles. The molecule has 1 fully saturated rings. The third-order valence-corrected chi connectivity index (χ3v) is 3.48. The lowest BCUT2D eigenvalue weighted by atomic mass is 9.96. The van der Waals surface area contributed by atoms with E-state index in [2.05, 4.69) is 30.7 Å². The summed E-state index contributed by atoms with van der Waals surface area (Å²) in [5.41, 5.74) is -0.0640. The van der Waals surface area contributed by atoms with E-state index in [0.29, 0.717) is 5.15 Å². The van der Waals surface area contributed by atoms with Crippen LogP contribution in [0.2, 0.25) is 5.15 Å². The number of aromatic nitrogens is 2. The predicted octanol–water partition coefficient (Wildman–Crippen LogP) is 3.81. The van der Waals surface area contributed by atoms with E-state index >= 15 is 0 Å². The molecular weight excluding hydrogens is 246 g/mol. The van der Waals surface area contributed by atoms with Crippen LogP contribution in [-0.2, 0) is 5.41 Å². The summed E-state index contributed by atoms with van der Waals surface area (Å²) in [6.07, 6.45) is 5.13. The number of hydrogen-bond acceptors (Lipinski definition) is 3. The summed E-state index contributed by atoms with van der Waals surface area (Å²) in [4.78, 5) is 11.4. The minimum absolute atomic E-state index is 0.0640. The van der Waals surface area contributed by atoms with E-state index in [1.165, 1.54) is 25.7 Å². The number of anilines is 1. The maximum Gasteiger partial charge on any atom is 0.137 e. The second kappa shape index (κ2) is 5.43. The van der Waals surface area contributed by atoms with Gasteiger partial charge in [0, 0.05) is 24.6 Å². The van der Waals surface area contributed by atoms with Crippen LogP contribution in [0.4, 0.5) is 5.82 Å². The van der Waals surface area contributed by atoms with Crippen molar-refractivity contribution in [3.05, 3.63) is 17.0 Å². The number of rotatable bonds is 1. The zero-order valence-electron chi connectivity index (χ0n) is 11.5. The highest BCUT2D eigenvalue weighted by Crippen LogP contribution is 2.25. The van der Waals surface area contributed by atoms with Crippen molar-refractivity contribution >= 4 is 17.4 Å². The molecule has 1 aliphatic rings. The van der Waals surface area contributed by atoms with E-state index in [0.717, 1.165) is 24.7 Å². The van der Waals surface area contributed by atoms with Gasteiger partial charge in [-0.15, -0.1) is 0 Å². The third-order valence-electron chi connectivity index (χ3n) is 3.28. The first-order chi connectivity index (χ1) is 8.47. The molecule has 0 saturated carbocycles. The molecule has 4 heteroatoms. The lowest BCUT2D eigenvalue weighted by molar-refractivity contribution is 0.543. The molecule has 1 aromatic rings. The van der Waals surface area contributed by atoms with Crippen LogP contribution in [-0.4, -0.2) is 23.1 Å². The topological polar surface area (TPSA) is 29.0 Å². The Kier molecular flexibility index (Phi) is 4.10. The van der Waals surface area contributed by atoms with Crippen molar-refractivity contribution in [2.75, 3.05) is 18.0 Å². The SMILES string of the molecule is CC(C)(C)c1nc(Cl)cc(N2CCCCCC2)n1. The van der Waals surface area contributed by atoms with Crippen LogP contribution in [0.15, 0.2) is 6.07 Å². The van der Waals surface area contributed by atoms with Crippen molar-refractivity contribution in [1.82, 2.24) is 9.97 Å². The van der Waals surface area contributed by atoms with Gasteiger partial charge < -0.3 is 4.90 Å². The van der Waals surface area contributed by atoms with Gasteiger partial charge in [0.05, 0.1) is 0 Å². The lowest BCUT2D eigenvalue weighted by Crippen LogP contribution is -2.27. The fourth-order valence-electron chi connectivity index (χ4n) is 2.20. The Morgan fingerprint density at radius 1 is 1.06 bits per heavy atom.